The van der Waals surface area contributed by atoms with Gasteiger partial charge in [-0.15, -0.1) is 0 Å². The van der Waals surface area contributed by atoms with E-state index in [1.807, 2.05) is 31.2 Å². The zero-order valence-electron chi connectivity index (χ0n) is 15.2. The molecular weight excluding hydrogens is 350 g/mol. The van der Waals surface area contributed by atoms with Crippen LogP contribution in [-0.4, -0.2) is 45.0 Å². The molecule has 7 nitrogen and oxygen atoms in total. The van der Waals surface area contributed by atoms with Crippen molar-refractivity contribution in [3.8, 4) is 11.5 Å². The largest absolute Gasteiger partial charge is 0.494 e. The molecule has 1 unspecified atom stereocenters. The van der Waals surface area contributed by atoms with E-state index in [1.54, 1.807) is 29.2 Å². The summed E-state index contributed by atoms with van der Waals surface area (Å²) in [6.45, 7) is 3.12. The highest BCUT2D eigenvalue weighted by Gasteiger charge is 2.32. The minimum atomic E-state index is -0.409. The van der Waals surface area contributed by atoms with E-state index in [4.69, 9.17) is 14.2 Å². The Bertz CT molecular complexity index is 787. The number of nitrogens with zero attached hydrogens (tertiary/aromatic N) is 1. The van der Waals surface area contributed by atoms with Gasteiger partial charge in [0.25, 0.3) is 0 Å². The van der Waals surface area contributed by atoms with Crippen LogP contribution < -0.4 is 14.4 Å². The van der Waals surface area contributed by atoms with Gasteiger partial charge in [-0.3, -0.25) is 4.90 Å². The highest BCUT2D eigenvalue weighted by molar-refractivity contribution is 5.90. The second-order valence-electron chi connectivity index (χ2n) is 5.87. The van der Waals surface area contributed by atoms with Gasteiger partial charge < -0.3 is 18.9 Å². The zero-order valence-corrected chi connectivity index (χ0v) is 15.2. The van der Waals surface area contributed by atoms with Gasteiger partial charge in [-0.1, -0.05) is 0 Å². The Hall–Kier alpha value is -3.22. The number of rotatable bonds is 7. The number of carbonyl (C=O) groups excluding carboxylic acids is 2. The van der Waals surface area contributed by atoms with Crippen LogP contribution in [-0.2, 0) is 9.47 Å². The summed E-state index contributed by atoms with van der Waals surface area (Å²) < 4.78 is 21.1. The van der Waals surface area contributed by atoms with Crippen molar-refractivity contribution < 1.29 is 28.5 Å². The van der Waals surface area contributed by atoms with Gasteiger partial charge in [0.1, 0.15) is 18.1 Å². The molecule has 1 heterocycles. The molecule has 0 bridgehead atoms. The third-order valence-electron chi connectivity index (χ3n) is 4.04. The van der Waals surface area contributed by atoms with Gasteiger partial charge in [-0.25, -0.2) is 9.59 Å². The molecule has 0 aliphatic carbocycles. The van der Waals surface area contributed by atoms with Crippen molar-refractivity contribution in [2.45, 2.75) is 13.0 Å². The Kier molecular flexibility index (Phi) is 5.80. The molecule has 0 radical (unpaired) electrons. The Morgan fingerprint density at radius 3 is 2.33 bits per heavy atom. The highest BCUT2D eigenvalue weighted by Crippen LogP contribution is 2.25. The van der Waals surface area contributed by atoms with E-state index >= 15 is 0 Å². The lowest BCUT2D eigenvalue weighted by atomic mass is 10.2. The van der Waals surface area contributed by atoms with E-state index < -0.39 is 12.1 Å². The number of carbonyl (C=O) groups is 2. The molecule has 3 rings (SSSR count). The average Bonchev–Trinajstić information content (AvgIpc) is 3.07. The number of amides is 1. The van der Waals surface area contributed by atoms with Crippen LogP contribution in [0.2, 0.25) is 0 Å². The maximum absolute atomic E-state index is 12.1. The van der Waals surface area contributed by atoms with E-state index in [9.17, 15) is 9.59 Å². The molecule has 1 amide bonds. The number of hydrogen-bond donors (Lipinski definition) is 0. The van der Waals surface area contributed by atoms with Crippen LogP contribution in [0.3, 0.4) is 0 Å². The summed E-state index contributed by atoms with van der Waals surface area (Å²) in [5.41, 5.74) is 1.19. The van der Waals surface area contributed by atoms with Crippen molar-refractivity contribution in [3.63, 3.8) is 0 Å². The van der Waals surface area contributed by atoms with Crippen LogP contribution in [0.25, 0.3) is 0 Å². The lowest BCUT2D eigenvalue weighted by molar-refractivity contribution is 0.0600. The lowest BCUT2D eigenvalue weighted by Gasteiger charge is -2.14. The molecular formula is C20H21NO6. The fourth-order valence-corrected chi connectivity index (χ4v) is 2.70. The average molecular weight is 371 g/mol. The third-order valence-corrected chi connectivity index (χ3v) is 4.04. The van der Waals surface area contributed by atoms with Crippen molar-refractivity contribution in [3.05, 3.63) is 54.1 Å². The number of benzene rings is 2. The molecule has 27 heavy (non-hydrogen) atoms. The van der Waals surface area contributed by atoms with Crippen molar-refractivity contribution in [1.29, 1.82) is 0 Å². The maximum atomic E-state index is 12.1. The second-order valence-corrected chi connectivity index (χ2v) is 5.87. The van der Waals surface area contributed by atoms with Crippen molar-refractivity contribution in [2.75, 3.05) is 31.8 Å². The molecule has 2 aromatic rings. The molecule has 142 valence electrons. The predicted octanol–water partition coefficient (Wildman–Crippen LogP) is 3.28. The van der Waals surface area contributed by atoms with Crippen molar-refractivity contribution in [1.82, 2.24) is 0 Å². The van der Waals surface area contributed by atoms with E-state index in [0.717, 1.165) is 11.4 Å². The van der Waals surface area contributed by atoms with Gasteiger partial charge >= 0.3 is 12.1 Å². The molecule has 1 aliphatic heterocycles. The first-order chi connectivity index (χ1) is 13.1. The molecule has 0 saturated carbocycles. The van der Waals surface area contributed by atoms with Gasteiger partial charge in [0, 0.05) is 5.69 Å². The molecule has 1 aliphatic rings. The molecule has 1 saturated heterocycles. The number of cyclic esters (lactones) is 1. The highest BCUT2D eigenvalue weighted by atomic mass is 16.6. The summed E-state index contributed by atoms with van der Waals surface area (Å²) in [4.78, 5) is 25.1. The van der Waals surface area contributed by atoms with Gasteiger partial charge in [0.2, 0.25) is 0 Å². The van der Waals surface area contributed by atoms with Crippen LogP contribution >= 0.6 is 0 Å². The van der Waals surface area contributed by atoms with Gasteiger partial charge in [0.05, 0.1) is 25.8 Å². The SMILES string of the molecule is CCOc1ccc(N2CC(COc3ccc(C(=O)OC)cc3)OC2=O)cc1. The normalized spacial score (nSPS) is 16.0. The Balaban J connectivity index is 1.55. The van der Waals surface area contributed by atoms with Crippen LogP contribution in [0.15, 0.2) is 48.5 Å². The number of anilines is 1. The Morgan fingerprint density at radius 1 is 1.07 bits per heavy atom. The molecule has 0 spiro atoms. The smallest absolute Gasteiger partial charge is 0.414 e. The van der Waals surface area contributed by atoms with Crippen molar-refractivity contribution in [2.24, 2.45) is 0 Å². The fraction of sp³-hybridized carbons (Fsp3) is 0.300. The monoisotopic (exact) mass is 371 g/mol. The lowest BCUT2D eigenvalue weighted by Crippen LogP contribution is -2.26. The Labute approximate surface area is 157 Å². The molecule has 0 N–H and O–H groups in total. The summed E-state index contributed by atoms with van der Waals surface area (Å²) in [6, 6.07) is 13.9. The minimum Gasteiger partial charge on any atom is -0.494 e. The third kappa shape index (κ3) is 4.49. The topological polar surface area (TPSA) is 74.3 Å². The van der Waals surface area contributed by atoms with E-state index in [-0.39, 0.29) is 12.7 Å². The van der Waals surface area contributed by atoms with E-state index in [0.29, 0.717) is 24.5 Å². The summed E-state index contributed by atoms with van der Waals surface area (Å²) in [7, 11) is 1.33. The quantitative estimate of drug-likeness (QED) is 0.696. The first-order valence-corrected chi connectivity index (χ1v) is 8.63. The summed E-state index contributed by atoms with van der Waals surface area (Å²) in [6.07, 6.45) is -0.793. The zero-order chi connectivity index (χ0) is 19.2. The van der Waals surface area contributed by atoms with Crippen LogP contribution in [0.5, 0.6) is 11.5 Å². The number of methoxy groups -OCH3 is 1. The molecule has 7 heteroatoms. The summed E-state index contributed by atoms with van der Waals surface area (Å²) in [5.74, 6) is 0.930. The molecule has 2 aromatic carbocycles. The standard InChI is InChI=1S/C20H21NO6/c1-3-25-16-10-6-15(7-11-16)21-12-18(27-20(21)23)13-26-17-8-4-14(5-9-17)19(22)24-2/h4-11,18H,3,12-13H2,1-2H3. The van der Waals surface area contributed by atoms with E-state index in [1.165, 1.54) is 7.11 Å². The molecule has 1 atom stereocenters. The van der Waals surface area contributed by atoms with Gasteiger partial charge in [-0.2, -0.15) is 0 Å². The van der Waals surface area contributed by atoms with Gasteiger partial charge in [0.15, 0.2) is 6.10 Å². The Morgan fingerprint density at radius 2 is 1.70 bits per heavy atom. The summed E-state index contributed by atoms with van der Waals surface area (Å²) >= 11 is 0. The minimum absolute atomic E-state index is 0.219. The number of esters is 1. The molecule has 0 aromatic heterocycles. The van der Waals surface area contributed by atoms with Crippen LogP contribution in [0.1, 0.15) is 17.3 Å². The van der Waals surface area contributed by atoms with E-state index in [2.05, 4.69) is 4.74 Å². The van der Waals surface area contributed by atoms with Crippen molar-refractivity contribution >= 4 is 17.7 Å². The van der Waals surface area contributed by atoms with Gasteiger partial charge in [-0.05, 0) is 55.5 Å². The number of ether oxygens (including phenoxy) is 4. The second kappa shape index (κ2) is 8.44. The number of hydrogen-bond acceptors (Lipinski definition) is 6. The fourth-order valence-electron chi connectivity index (χ4n) is 2.70. The first kappa shape index (κ1) is 18.6. The van der Waals surface area contributed by atoms with Crippen LogP contribution in [0.4, 0.5) is 10.5 Å². The maximum Gasteiger partial charge on any atom is 0.414 e. The first-order valence-electron chi connectivity index (χ1n) is 8.63. The van der Waals surface area contributed by atoms with Crippen LogP contribution in [0, 0.1) is 0 Å². The summed E-state index contributed by atoms with van der Waals surface area (Å²) in [5, 5.41) is 0. The predicted molar refractivity (Wildman–Crippen MR) is 98.5 cm³/mol. The molecule has 1 fully saturated rings.